The molecule has 0 fully saturated rings. The van der Waals surface area contributed by atoms with Gasteiger partial charge in [-0.1, -0.05) is 15.9 Å². The Morgan fingerprint density at radius 2 is 2.12 bits per heavy atom. The average Bonchev–Trinajstić information content (AvgIpc) is 2.29. The maximum atomic E-state index is 6.01. The van der Waals surface area contributed by atoms with Gasteiger partial charge in [-0.15, -0.1) is 0 Å². The summed E-state index contributed by atoms with van der Waals surface area (Å²) in [5.74, 6) is 0.858. The Labute approximate surface area is 105 Å². The van der Waals surface area contributed by atoms with Gasteiger partial charge in [-0.2, -0.15) is 0 Å². The lowest BCUT2D eigenvalue weighted by molar-refractivity contribution is 0.188. The Hall–Kier alpha value is -0.580. The Morgan fingerprint density at radius 3 is 2.75 bits per heavy atom. The Kier molecular flexibility index (Phi) is 5.80. The van der Waals surface area contributed by atoms with E-state index in [1.54, 1.807) is 14.2 Å². The average molecular weight is 288 g/mol. The Balaban J connectivity index is 2.64. The van der Waals surface area contributed by atoms with E-state index < -0.39 is 0 Å². The van der Waals surface area contributed by atoms with Gasteiger partial charge in [-0.25, -0.2) is 0 Å². The smallest absolute Gasteiger partial charge is 0.119 e. The highest BCUT2D eigenvalue weighted by molar-refractivity contribution is 9.10. The summed E-state index contributed by atoms with van der Waals surface area (Å²) in [7, 11) is 3.35. The fraction of sp³-hybridized carbons (Fsp3) is 0.500. The van der Waals surface area contributed by atoms with Crippen LogP contribution >= 0.6 is 15.9 Å². The number of rotatable bonds is 6. The lowest BCUT2D eigenvalue weighted by Crippen LogP contribution is -2.24. The third-order valence-corrected chi connectivity index (χ3v) is 3.20. The molecule has 0 heterocycles. The van der Waals surface area contributed by atoms with Crippen LogP contribution in [0.1, 0.15) is 12.0 Å². The number of hydrogen-bond donors (Lipinski definition) is 1. The zero-order chi connectivity index (χ0) is 12.0. The highest BCUT2D eigenvalue weighted by Gasteiger charge is 2.08. The number of hydrogen-bond acceptors (Lipinski definition) is 3. The second kappa shape index (κ2) is 6.89. The molecule has 3 nitrogen and oxygen atoms in total. The molecule has 0 amide bonds. The van der Waals surface area contributed by atoms with Crippen molar-refractivity contribution in [3.8, 4) is 5.75 Å². The summed E-state index contributed by atoms with van der Waals surface area (Å²) in [5.41, 5.74) is 7.18. The lowest BCUT2D eigenvalue weighted by atomic mass is 10.0. The Morgan fingerprint density at radius 1 is 1.38 bits per heavy atom. The molecular weight excluding hydrogens is 270 g/mol. The second-order valence-electron chi connectivity index (χ2n) is 3.70. The standard InChI is InChI=1S/C12H18BrNO2/c1-15-6-5-10(14)7-9-8-11(16-2)3-4-12(9)13/h3-4,8,10H,5-7,14H2,1-2H3. The van der Waals surface area contributed by atoms with Crippen LogP contribution in [0.4, 0.5) is 0 Å². The van der Waals surface area contributed by atoms with Crippen LogP contribution in [0, 0.1) is 0 Å². The molecule has 1 rings (SSSR count). The van der Waals surface area contributed by atoms with Gasteiger partial charge in [0.05, 0.1) is 7.11 Å². The summed E-state index contributed by atoms with van der Waals surface area (Å²) in [6, 6.07) is 6.03. The molecule has 2 N–H and O–H groups in total. The first-order chi connectivity index (χ1) is 7.67. The van der Waals surface area contributed by atoms with Gasteiger partial charge in [0.15, 0.2) is 0 Å². The quantitative estimate of drug-likeness (QED) is 0.874. The van der Waals surface area contributed by atoms with Crippen molar-refractivity contribution in [3.63, 3.8) is 0 Å². The van der Waals surface area contributed by atoms with Crippen LogP contribution in [0.25, 0.3) is 0 Å². The molecule has 0 aliphatic heterocycles. The van der Waals surface area contributed by atoms with Crippen LogP contribution in [0.3, 0.4) is 0 Å². The molecule has 1 aromatic carbocycles. The first kappa shape index (κ1) is 13.5. The van der Waals surface area contributed by atoms with E-state index in [1.165, 1.54) is 5.56 Å². The number of ether oxygens (including phenoxy) is 2. The first-order valence-electron chi connectivity index (χ1n) is 5.24. The topological polar surface area (TPSA) is 44.5 Å². The first-order valence-corrected chi connectivity index (χ1v) is 6.03. The minimum Gasteiger partial charge on any atom is -0.497 e. The highest BCUT2D eigenvalue weighted by Crippen LogP contribution is 2.23. The van der Waals surface area contributed by atoms with Crippen LogP contribution in [0.15, 0.2) is 22.7 Å². The molecular formula is C12H18BrNO2. The van der Waals surface area contributed by atoms with Crippen molar-refractivity contribution in [1.29, 1.82) is 0 Å². The monoisotopic (exact) mass is 287 g/mol. The molecule has 1 atom stereocenters. The van der Waals surface area contributed by atoms with Crippen molar-refractivity contribution < 1.29 is 9.47 Å². The number of halogens is 1. The second-order valence-corrected chi connectivity index (χ2v) is 4.56. The molecule has 16 heavy (non-hydrogen) atoms. The molecule has 0 aliphatic carbocycles. The largest absolute Gasteiger partial charge is 0.497 e. The van der Waals surface area contributed by atoms with Crippen LogP contribution < -0.4 is 10.5 Å². The van der Waals surface area contributed by atoms with Crippen molar-refractivity contribution in [3.05, 3.63) is 28.2 Å². The fourth-order valence-electron chi connectivity index (χ4n) is 1.49. The summed E-state index contributed by atoms with van der Waals surface area (Å²) >= 11 is 3.51. The predicted octanol–water partition coefficient (Wildman–Crippen LogP) is 2.36. The summed E-state index contributed by atoms with van der Waals surface area (Å²) < 4.78 is 11.3. The van der Waals surface area contributed by atoms with E-state index >= 15 is 0 Å². The minimum atomic E-state index is 0.114. The van der Waals surface area contributed by atoms with Crippen molar-refractivity contribution in [2.45, 2.75) is 18.9 Å². The lowest BCUT2D eigenvalue weighted by Gasteiger charge is -2.13. The summed E-state index contributed by atoms with van der Waals surface area (Å²) in [6.07, 6.45) is 1.68. The number of benzene rings is 1. The summed E-state index contributed by atoms with van der Waals surface area (Å²) in [4.78, 5) is 0. The van der Waals surface area contributed by atoms with E-state index in [0.717, 1.165) is 23.1 Å². The molecule has 0 saturated carbocycles. The van der Waals surface area contributed by atoms with Gasteiger partial charge in [0, 0.05) is 24.2 Å². The normalized spacial score (nSPS) is 12.5. The van der Waals surface area contributed by atoms with Gasteiger partial charge >= 0.3 is 0 Å². The number of nitrogens with two attached hydrogens (primary N) is 1. The number of methoxy groups -OCH3 is 2. The zero-order valence-corrected chi connectivity index (χ0v) is 11.3. The maximum Gasteiger partial charge on any atom is 0.119 e. The molecule has 0 radical (unpaired) electrons. The van der Waals surface area contributed by atoms with Crippen molar-refractivity contribution >= 4 is 15.9 Å². The third kappa shape index (κ3) is 4.12. The van der Waals surface area contributed by atoms with Crippen molar-refractivity contribution in [2.24, 2.45) is 5.73 Å². The zero-order valence-electron chi connectivity index (χ0n) is 9.70. The Bertz CT molecular complexity index is 331. The van der Waals surface area contributed by atoms with E-state index in [1.807, 2.05) is 18.2 Å². The maximum absolute atomic E-state index is 6.01. The molecule has 0 aliphatic rings. The molecule has 0 bridgehead atoms. The SMILES string of the molecule is COCCC(N)Cc1cc(OC)ccc1Br. The van der Waals surface area contributed by atoms with E-state index in [0.29, 0.717) is 6.61 Å². The minimum absolute atomic E-state index is 0.114. The van der Waals surface area contributed by atoms with E-state index in [2.05, 4.69) is 15.9 Å². The van der Waals surface area contributed by atoms with Gasteiger partial charge in [0.25, 0.3) is 0 Å². The molecule has 0 saturated heterocycles. The highest BCUT2D eigenvalue weighted by atomic mass is 79.9. The fourth-order valence-corrected chi connectivity index (χ4v) is 1.90. The van der Waals surface area contributed by atoms with Gasteiger partial charge in [-0.3, -0.25) is 0 Å². The molecule has 4 heteroatoms. The van der Waals surface area contributed by atoms with E-state index in [4.69, 9.17) is 15.2 Å². The van der Waals surface area contributed by atoms with Gasteiger partial charge < -0.3 is 15.2 Å². The van der Waals surface area contributed by atoms with Crippen LogP contribution in [0.2, 0.25) is 0 Å². The van der Waals surface area contributed by atoms with Crippen LogP contribution in [-0.2, 0) is 11.2 Å². The molecule has 0 spiro atoms. The van der Waals surface area contributed by atoms with Gasteiger partial charge in [0.1, 0.15) is 5.75 Å². The van der Waals surface area contributed by atoms with Crippen LogP contribution in [-0.4, -0.2) is 26.9 Å². The van der Waals surface area contributed by atoms with Gasteiger partial charge in [-0.05, 0) is 36.6 Å². The van der Waals surface area contributed by atoms with Crippen molar-refractivity contribution in [2.75, 3.05) is 20.8 Å². The molecule has 1 aromatic rings. The molecule has 0 aromatic heterocycles. The van der Waals surface area contributed by atoms with Crippen LogP contribution in [0.5, 0.6) is 5.75 Å². The predicted molar refractivity (Wildman–Crippen MR) is 68.9 cm³/mol. The summed E-state index contributed by atoms with van der Waals surface area (Å²) in [6.45, 7) is 0.697. The molecule has 90 valence electrons. The summed E-state index contributed by atoms with van der Waals surface area (Å²) in [5, 5.41) is 0. The van der Waals surface area contributed by atoms with E-state index in [9.17, 15) is 0 Å². The van der Waals surface area contributed by atoms with Gasteiger partial charge in [0.2, 0.25) is 0 Å². The molecule has 1 unspecified atom stereocenters. The van der Waals surface area contributed by atoms with E-state index in [-0.39, 0.29) is 6.04 Å². The third-order valence-electron chi connectivity index (χ3n) is 2.43. The van der Waals surface area contributed by atoms with Crippen molar-refractivity contribution in [1.82, 2.24) is 0 Å².